The summed E-state index contributed by atoms with van der Waals surface area (Å²) in [5.41, 5.74) is 7.33. The van der Waals surface area contributed by atoms with E-state index in [0.29, 0.717) is 23.4 Å². The second-order valence-electron chi connectivity index (χ2n) is 5.51. The van der Waals surface area contributed by atoms with Gasteiger partial charge in [-0.05, 0) is 37.6 Å². The summed E-state index contributed by atoms with van der Waals surface area (Å²) in [6, 6.07) is 5.77. The van der Waals surface area contributed by atoms with E-state index in [2.05, 4.69) is 22.1 Å². The molecular weight excluding hydrogens is 267 g/mol. The summed E-state index contributed by atoms with van der Waals surface area (Å²) in [6.45, 7) is 4.82. The van der Waals surface area contributed by atoms with Crippen LogP contribution in [0.5, 0.6) is 0 Å². The molecule has 1 aliphatic rings. The van der Waals surface area contributed by atoms with Crippen LogP contribution in [0.15, 0.2) is 24.4 Å². The number of hydrogen-bond donors (Lipinski definition) is 2. The Kier molecular flexibility index (Phi) is 3.92. The van der Waals surface area contributed by atoms with Crippen LogP contribution in [0.1, 0.15) is 19.8 Å². The highest BCUT2D eigenvalue weighted by Gasteiger charge is 2.27. The molecule has 0 aliphatic heterocycles. The Balaban J connectivity index is 1.77. The molecule has 2 aromatic rings. The van der Waals surface area contributed by atoms with Crippen molar-refractivity contribution in [2.75, 3.05) is 30.7 Å². The number of nitrogen functional groups attached to an aromatic ring is 1. The molecule has 1 aromatic carbocycles. The normalized spacial score (nSPS) is 14.8. The van der Waals surface area contributed by atoms with Gasteiger partial charge in [0.15, 0.2) is 5.82 Å². The number of anilines is 2. The third kappa shape index (κ3) is 2.93. The third-order valence-corrected chi connectivity index (χ3v) is 4.05. The zero-order valence-corrected chi connectivity index (χ0v) is 12.3. The summed E-state index contributed by atoms with van der Waals surface area (Å²) in [4.78, 5) is 6.70. The van der Waals surface area contributed by atoms with E-state index < -0.39 is 0 Å². The van der Waals surface area contributed by atoms with E-state index in [9.17, 15) is 4.39 Å². The van der Waals surface area contributed by atoms with Gasteiger partial charge in [0, 0.05) is 36.4 Å². The fourth-order valence-corrected chi connectivity index (χ4v) is 2.77. The molecular formula is C16H21FN4. The first-order chi connectivity index (χ1) is 10.2. The van der Waals surface area contributed by atoms with E-state index in [1.54, 1.807) is 6.20 Å². The zero-order valence-electron chi connectivity index (χ0n) is 12.3. The molecule has 0 amide bonds. The first kappa shape index (κ1) is 14.1. The Bertz CT molecular complexity index is 639. The largest absolute Gasteiger partial charge is 0.398 e. The minimum absolute atomic E-state index is 0.340. The summed E-state index contributed by atoms with van der Waals surface area (Å²) in [5, 5.41) is 3.98. The Labute approximate surface area is 124 Å². The molecule has 4 nitrogen and oxygen atoms in total. The van der Waals surface area contributed by atoms with Crippen molar-refractivity contribution >= 4 is 22.3 Å². The van der Waals surface area contributed by atoms with Crippen molar-refractivity contribution in [1.82, 2.24) is 9.88 Å². The maximum Gasteiger partial charge on any atom is 0.150 e. The lowest BCUT2D eigenvalue weighted by atomic mass is 10.1. The molecule has 1 fully saturated rings. The highest BCUT2D eigenvalue weighted by atomic mass is 19.1. The van der Waals surface area contributed by atoms with Crippen LogP contribution in [-0.4, -0.2) is 35.6 Å². The molecule has 5 heteroatoms. The third-order valence-electron chi connectivity index (χ3n) is 4.05. The number of hydrogen-bond acceptors (Lipinski definition) is 4. The maximum absolute atomic E-state index is 14.2. The van der Waals surface area contributed by atoms with Crippen LogP contribution in [0.2, 0.25) is 0 Å². The molecule has 0 unspecified atom stereocenters. The smallest absolute Gasteiger partial charge is 0.150 e. The van der Waals surface area contributed by atoms with E-state index in [-0.39, 0.29) is 5.82 Å². The summed E-state index contributed by atoms with van der Waals surface area (Å²) in [6.07, 6.45) is 4.23. The Morgan fingerprint density at radius 2 is 2.29 bits per heavy atom. The number of nitrogens with one attached hydrogen (secondary N) is 1. The van der Waals surface area contributed by atoms with Crippen molar-refractivity contribution in [3.8, 4) is 0 Å². The van der Waals surface area contributed by atoms with Crippen LogP contribution in [-0.2, 0) is 0 Å². The quantitative estimate of drug-likeness (QED) is 0.803. The van der Waals surface area contributed by atoms with Gasteiger partial charge in [0.05, 0.1) is 11.2 Å². The van der Waals surface area contributed by atoms with Crippen LogP contribution < -0.4 is 11.1 Å². The van der Waals surface area contributed by atoms with Crippen LogP contribution in [0.3, 0.4) is 0 Å². The summed E-state index contributed by atoms with van der Waals surface area (Å²) < 4.78 is 14.2. The van der Waals surface area contributed by atoms with Gasteiger partial charge >= 0.3 is 0 Å². The number of aromatic nitrogens is 1. The Morgan fingerprint density at radius 1 is 1.48 bits per heavy atom. The molecule has 0 saturated heterocycles. The SMILES string of the molecule is CCN(CCNc1c(F)cc(N)c2cccnc12)C1CC1. The summed E-state index contributed by atoms with van der Waals surface area (Å²) in [5.74, 6) is -0.340. The van der Waals surface area contributed by atoms with Gasteiger partial charge in [0.1, 0.15) is 0 Å². The molecule has 0 radical (unpaired) electrons. The lowest BCUT2D eigenvalue weighted by Crippen LogP contribution is -2.31. The molecule has 3 rings (SSSR count). The molecule has 0 bridgehead atoms. The van der Waals surface area contributed by atoms with E-state index >= 15 is 0 Å². The molecule has 3 N–H and O–H groups in total. The number of rotatable bonds is 6. The first-order valence-electron chi connectivity index (χ1n) is 7.51. The summed E-state index contributed by atoms with van der Waals surface area (Å²) in [7, 11) is 0. The molecule has 1 saturated carbocycles. The van der Waals surface area contributed by atoms with Crippen molar-refractivity contribution in [3.63, 3.8) is 0 Å². The van der Waals surface area contributed by atoms with E-state index in [1.165, 1.54) is 18.9 Å². The minimum Gasteiger partial charge on any atom is -0.398 e. The number of nitrogens with zero attached hydrogens (tertiary/aromatic N) is 2. The number of fused-ring (bicyclic) bond motifs is 1. The Morgan fingerprint density at radius 3 is 3.00 bits per heavy atom. The van der Waals surface area contributed by atoms with Gasteiger partial charge in [-0.2, -0.15) is 0 Å². The van der Waals surface area contributed by atoms with Crippen molar-refractivity contribution in [2.24, 2.45) is 0 Å². The van der Waals surface area contributed by atoms with Gasteiger partial charge < -0.3 is 11.1 Å². The van der Waals surface area contributed by atoms with Gasteiger partial charge in [-0.15, -0.1) is 0 Å². The molecule has 112 valence electrons. The lowest BCUT2D eigenvalue weighted by Gasteiger charge is -2.20. The predicted octanol–water partition coefficient (Wildman–Crippen LogP) is 2.85. The molecule has 0 atom stereocenters. The number of pyridine rings is 1. The van der Waals surface area contributed by atoms with Crippen molar-refractivity contribution < 1.29 is 4.39 Å². The monoisotopic (exact) mass is 288 g/mol. The highest BCUT2D eigenvalue weighted by Crippen LogP contribution is 2.30. The van der Waals surface area contributed by atoms with E-state index in [1.807, 2.05) is 12.1 Å². The van der Waals surface area contributed by atoms with Gasteiger partial charge in [-0.1, -0.05) is 6.92 Å². The van der Waals surface area contributed by atoms with Gasteiger partial charge in [0.2, 0.25) is 0 Å². The maximum atomic E-state index is 14.2. The Hall–Kier alpha value is -1.88. The number of likely N-dealkylation sites (N-methyl/N-ethyl adjacent to an activating group) is 1. The van der Waals surface area contributed by atoms with Gasteiger partial charge in [-0.3, -0.25) is 9.88 Å². The van der Waals surface area contributed by atoms with Crippen LogP contribution in [0, 0.1) is 5.82 Å². The fourth-order valence-electron chi connectivity index (χ4n) is 2.77. The molecule has 21 heavy (non-hydrogen) atoms. The zero-order chi connectivity index (χ0) is 14.8. The van der Waals surface area contributed by atoms with Crippen molar-refractivity contribution in [1.29, 1.82) is 0 Å². The first-order valence-corrected chi connectivity index (χ1v) is 7.51. The standard InChI is InChI=1S/C16H21FN4/c1-2-21(11-5-6-11)9-8-20-16-13(17)10-14(18)12-4-3-7-19-15(12)16/h3-4,7,10-11,20H,2,5-6,8-9,18H2,1H3. The topological polar surface area (TPSA) is 54.2 Å². The van der Waals surface area contributed by atoms with E-state index in [0.717, 1.165) is 24.5 Å². The summed E-state index contributed by atoms with van der Waals surface area (Å²) >= 11 is 0. The van der Waals surface area contributed by atoms with Crippen molar-refractivity contribution in [2.45, 2.75) is 25.8 Å². The van der Waals surface area contributed by atoms with Gasteiger partial charge in [-0.25, -0.2) is 4.39 Å². The van der Waals surface area contributed by atoms with Crippen LogP contribution >= 0.6 is 0 Å². The van der Waals surface area contributed by atoms with E-state index in [4.69, 9.17) is 5.73 Å². The van der Waals surface area contributed by atoms with Crippen LogP contribution in [0.4, 0.5) is 15.8 Å². The lowest BCUT2D eigenvalue weighted by molar-refractivity contribution is 0.289. The number of benzene rings is 1. The number of nitrogens with two attached hydrogens (primary N) is 1. The predicted molar refractivity (Wildman–Crippen MR) is 84.9 cm³/mol. The molecule has 1 aromatic heterocycles. The highest BCUT2D eigenvalue weighted by molar-refractivity contribution is 5.98. The van der Waals surface area contributed by atoms with Gasteiger partial charge in [0.25, 0.3) is 0 Å². The molecule has 1 aliphatic carbocycles. The molecule has 1 heterocycles. The van der Waals surface area contributed by atoms with Crippen molar-refractivity contribution in [3.05, 3.63) is 30.2 Å². The average Bonchev–Trinajstić information content (AvgIpc) is 3.31. The van der Waals surface area contributed by atoms with Crippen LogP contribution in [0.25, 0.3) is 10.9 Å². The second kappa shape index (κ2) is 5.85. The second-order valence-corrected chi connectivity index (χ2v) is 5.51. The minimum atomic E-state index is -0.340. The average molecular weight is 288 g/mol. The fraction of sp³-hybridized carbons (Fsp3) is 0.438. The molecule has 0 spiro atoms. The number of halogens is 1.